The molecule has 146 valence electrons. The molecule has 0 aliphatic rings. The maximum Gasteiger partial charge on any atom is 0.124 e. The van der Waals surface area contributed by atoms with E-state index in [-0.39, 0.29) is 5.75 Å². The average Bonchev–Trinajstić information content (AvgIpc) is 3.20. The number of thiazole rings is 1. The topological polar surface area (TPSA) is 36.4 Å². The number of benzene rings is 4. The molecular weight excluding hydrogens is 456 g/mol. The van der Waals surface area contributed by atoms with Crippen LogP contribution in [0.2, 0.25) is 0 Å². The first-order valence-electron chi connectivity index (χ1n) is 9.48. The summed E-state index contributed by atoms with van der Waals surface area (Å²) in [6.07, 6.45) is 0. The summed E-state index contributed by atoms with van der Waals surface area (Å²) >= 11 is 5.10. The SMILES string of the molecule is Oc1ccc2nc(-c3ccc(N(c4ccccc4)c4ccc(Br)cc4)cc3)sc2c1. The van der Waals surface area contributed by atoms with Crippen LogP contribution in [0, 0.1) is 0 Å². The zero-order chi connectivity index (χ0) is 20.5. The fourth-order valence-corrected chi connectivity index (χ4v) is 4.67. The van der Waals surface area contributed by atoms with Crippen molar-refractivity contribution in [3.63, 3.8) is 0 Å². The molecule has 1 N–H and O–H groups in total. The van der Waals surface area contributed by atoms with E-state index in [2.05, 4.69) is 81.5 Å². The number of rotatable bonds is 4. The Balaban J connectivity index is 1.54. The van der Waals surface area contributed by atoms with Gasteiger partial charge in [-0.1, -0.05) is 34.1 Å². The number of halogens is 1. The van der Waals surface area contributed by atoms with Gasteiger partial charge in [0, 0.05) is 27.1 Å². The fraction of sp³-hybridized carbons (Fsp3) is 0. The van der Waals surface area contributed by atoms with Gasteiger partial charge in [0.2, 0.25) is 0 Å². The van der Waals surface area contributed by atoms with Crippen LogP contribution in [0.1, 0.15) is 0 Å². The number of para-hydroxylation sites is 1. The van der Waals surface area contributed by atoms with Crippen molar-refractivity contribution in [1.82, 2.24) is 4.98 Å². The van der Waals surface area contributed by atoms with Crippen molar-refractivity contribution in [2.45, 2.75) is 0 Å². The molecule has 0 radical (unpaired) electrons. The summed E-state index contributed by atoms with van der Waals surface area (Å²) in [4.78, 5) is 6.94. The number of aromatic nitrogens is 1. The molecule has 0 saturated heterocycles. The summed E-state index contributed by atoms with van der Waals surface area (Å²) in [5.74, 6) is 0.265. The van der Waals surface area contributed by atoms with E-state index in [4.69, 9.17) is 4.98 Å². The third kappa shape index (κ3) is 3.70. The number of nitrogens with zero attached hydrogens (tertiary/aromatic N) is 2. The highest BCUT2D eigenvalue weighted by Gasteiger charge is 2.13. The molecule has 5 aromatic rings. The van der Waals surface area contributed by atoms with E-state index < -0.39 is 0 Å². The molecule has 0 unspecified atom stereocenters. The second-order valence-corrected chi connectivity index (χ2v) is 8.81. The molecule has 0 amide bonds. The Bertz CT molecular complexity index is 1300. The molecule has 0 spiro atoms. The molecule has 5 rings (SSSR count). The van der Waals surface area contributed by atoms with Gasteiger partial charge in [-0.2, -0.15) is 0 Å². The van der Waals surface area contributed by atoms with Gasteiger partial charge in [-0.25, -0.2) is 4.98 Å². The lowest BCUT2D eigenvalue weighted by molar-refractivity contribution is 0.476. The lowest BCUT2D eigenvalue weighted by Gasteiger charge is -2.25. The molecule has 0 saturated carbocycles. The van der Waals surface area contributed by atoms with Gasteiger partial charge in [0.1, 0.15) is 10.8 Å². The van der Waals surface area contributed by atoms with E-state index in [1.807, 2.05) is 24.3 Å². The highest BCUT2D eigenvalue weighted by Crippen LogP contribution is 2.37. The van der Waals surface area contributed by atoms with Crippen molar-refractivity contribution >= 4 is 54.5 Å². The van der Waals surface area contributed by atoms with E-state index in [9.17, 15) is 5.11 Å². The van der Waals surface area contributed by atoms with Gasteiger partial charge in [0.15, 0.2) is 0 Å². The summed E-state index contributed by atoms with van der Waals surface area (Å²) in [5, 5.41) is 10.7. The van der Waals surface area contributed by atoms with Crippen LogP contribution < -0.4 is 4.90 Å². The molecule has 1 aromatic heterocycles. The van der Waals surface area contributed by atoms with Crippen molar-refractivity contribution in [2.75, 3.05) is 4.90 Å². The molecule has 0 atom stereocenters. The predicted molar refractivity (Wildman–Crippen MR) is 129 cm³/mol. The molecule has 4 aromatic carbocycles. The van der Waals surface area contributed by atoms with Crippen molar-refractivity contribution < 1.29 is 5.11 Å². The number of aromatic hydroxyl groups is 1. The van der Waals surface area contributed by atoms with Crippen LogP contribution in [-0.4, -0.2) is 10.1 Å². The van der Waals surface area contributed by atoms with E-state index in [1.165, 1.54) is 0 Å². The van der Waals surface area contributed by atoms with Crippen molar-refractivity contribution in [3.05, 3.63) is 102 Å². The molecule has 0 fully saturated rings. The van der Waals surface area contributed by atoms with Gasteiger partial charge in [-0.05, 0) is 78.9 Å². The number of anilines is 3. The molecule has 0 aliphatic carbocycles. The van der Waals surface area contributed by atoms with Crippen molar-refractivity contribution in [1.29, 1.82) is 0 Å². The van der Waals surface area contributed by atoms with Gasteiger partial charge in [0.25, 0.3) is 0 Å². The Kier molecular flexibility index (Phi) is 4.99. The monoisotopic (exact) mass is 472 g/mol. The van der Waals surface area contributed by atoms with Gasteiger partial charge >= 0.3 is 0 Å². The summed E-state index contributed by atoms with van der Waals surface area (Å²) in [6.45, 7) is 0. The molecule has 1 heterocycles. The van der Waals surface area contributed by atoms with E-state index >= 15 is 0 Å². The largest absolute Gasteiger partial charge is 0.508 e. The number of fused-ring (bicyclic) bond motifs is 1. The van der Waals surface area contributed by atoms with Gasteiger partial charge in [-0.15, -0.1) is 11.3 Å². The normalized spacial score (nSPS) is 11.0. The highest BCUT2D eigenvalue weighted by molar-refractivity contribution is 9.10. The van der Waals surface area contributed by atoms with Gasteiger partial charge in [0.05, 0.1) is 10.2 Å². The highest BCUT2D eigenvalue weighted by atomic mass is 79.9. The summed E-state index contributed by atoms with van der Waals surface area (Å²) < 4.78 is 2.03. The third-order valence-electron chi connectivity index (χ3n) is 4.84. The maximum atomic E-state index is 9.71. The number of phenols is 1. The lowest BCUT2D eigenvalue weighted by atomic mass is 10.1. The minimum Gasteiger partial charge on any atom is -0.508 e. The summed E-state index contributed by atoms with van der Waals surface area (Å²) in [7, 11) is 0. The Hall–Kier alpha value is -3.15. The maximum absolute atomic E-state index is 9.71. The van der Waals surface area contributed by atoms with Crippen LogP contribution in [0.15, 0.2) is 102 Å². The molecule has 0 aliphatic heterocycles. The van der Waals surface area contributed by atoms with E-state index in [1.54, 1.807) is 23.5 Å². The van der Waals surface area contributed by atoms with Crippen molar-refractivity contribution in [3.8, 4) is 16.3 Å². The minimum absolute atomic E-state index is 0.265. The number of hydrogen-bond acceptors (Lipinski definition) is 4. The molecule has 5 heteroatoms. The van der Waals surface area contributed by atoms with E-state index in [0.29, 0.717) is 0 Å². The van der Waals surface area contributed by atoms with Crippen LogP contribution in [-0.2, 0) is 0 Å². The van der Waals surface area contributed by atoms with Crippen LogP contribution in [0.3, 0.4) is 0 Å². The predicted octanol–water partition coefficient (Wildman–Crippen LogP) is 7.90. The van der Waals surface area contributed by atoms with Gasteiger partial charge < -0.3 is 10.0 Å². The third-order valence-corrected chi connectivity index (χ3v) is 6.44. The number of hydrogen-bond donors (Lipinski definition) is 1. The Morgan fingerprint density at radius 1 is 0.733 bits per heavy atom. The smallest absolute Gasteiger partial charge is 0.124 e. The van der Waals surface area contributed by atoms with Gasteiger partial charge in [-0.3, -0.25) is 0 Å². The molecule has 30 heavy (non-hydrogen) atoms. The first-order chi connectivity index (χ1) is 14.7. The van der Waals surface area contributed by atoms with Crippen LogP contribution in [0.4, 0.5) is 17.1 Å². The second-order valence-electron chi connectivity index (χ2n) is 6.87. The zero-order valence-corrected chi connectivity index (χ0v) is 18.3. The van der Waals surface area contributed by atoms with Crippen LogP contribution >= 0.6 is 27.3 Å². The zero-order valence-electron chi connectivity index (χ0n) is 15.9. The number of phenolic OH excluding ortho intramolecular Hbond substituents is 1. The first kappa shape index (κ1) is 18.9. The van der Waals surface area contributed by atoms with E-state index in [0.717, 1.165) is 42.3 Å². The average molecular weight is 473 g/mol. The Morgan fingerprint density at radius 2 is 1.37 bits per heavy atom. The molecule has 3 nitrogen and oxygen atoms in total. The summed E-state index contributed by atoms with van der Waals surface area (Å²) in [6, 6.07) is 32.4. The second kappa shape index (κ2) is 7.94. The van der Waals surface area contributed by atoms with Crippen molar-refractivity contribution in [2.24, 2.45) is 0 Å². The van der Waals surface area contributed by atoms with Crippen LogP contribution in [0.5, 0.6) is 5.75 Å². The lowest BCUT2D eigenvalue weighted by Crippen LogP contribution is -2.09. The van der Waals surface area contributed by atoms with Crippen LogP contribution in [0.25, 0.3) is 20.8 Å². The first-order valence-corrected chi connectivity index (χ1v) is 11.1. The molecule has 0 bridgehead atoms. The Labute approximate surface area is 187 Å². The quantitative estimate of drug-likeness (QED) is 0.288. The minimum atomic E-state index is 0.265. The standard InChI is InChI=1S/C25H17BrN2OS/c26-18-8-12-21(13-9-18)28(19-4-2-1-3-5-19)20-10-6-17(7-11-20)25-27-23-15-14-22(29)16-24(23)30-25/h1-16,29H. The Morgan fingerprint density at radius 3 is 2.07 bits per heavy atom. The molecular formula is C25H17BrN2OS. The fourth-order valence-electron chi connectivity index (χ4n) is 3.40. The summed E-state index contributed by atoms with van der Waals surface area (Å²) in [5.41, 5.74) is 5.22.